The third kappa shape index (κ3) is 4.51. The van der Waals surface area contributed by atoms with Gasteiger partial charge in [0.1, 0.15) is 28.8 Å². The summed E-state index contributed by atoms with van der Waals surface area (Å²) in [7, 11) is 0. The first-order valence-electron chi connectivity index (χ1n) is 9.83. The second-order valence-electron chi connectivity index (χ2n) is 6.79. The Morgan fingerprint density at radius 3 is 2.65 bits per heavy atom. The van der Waals surface area contributed by atoms with Crippen molar-refractivity contribution in [2.45, 2.75) is 13.5 Å². The first-order valence-corrected chi connectivity index (χ1v) is 10.2. The zero-order chi connectivity index (χ0) is 21.8. The predicted octanol–water partition coefficient (Wildman–Crippen LogP) is 5.24. The first-order chi connectivity index (χ1) is 15.1. The Labute approximate surface area is 183 Å². The highest BCUT2D eigenvalue weighted by atomic mass is 35.5. The highest BCUT2D eigenvalue weighted by molar-refractivity contribution is 6.29. The molecule has 2 aromatic carbocycles. The fourth-order valence-electron chi connectivity index (χ4n) is 3.49. The summed E-state index contributed by atoms with van der Waals surface area (Å²) in [5, 5.41) is 1.25. The molecule has 0 spiro atoms. The molecule has 6 nitrogen and oxygen atoms in total. The Morgan fingerprint density at radius 2 is 1.90 bits per heavy atom. The minimum absolute atomic E-state index is 0.293. The number of carbonyl (C=O) groups is 1. The summed E-state index contributed by atoms with van der Waals surface area (Å²) in [5.41, 5.74) is 2.14. The minimum Gasteiger partial charge on any atom is -0.461 e. The molecule has 0 saturated heterocycles. The van der Waals surface area contributed by atoms with E-state index in [0.29, 0.717) is 36.4 Å². The molecule has 0 unspecified atom stereocenters. The molecule has 2 heterocycles. The van der Waals surface area contributed by atoms with Gasteiger partial charge in [-0.25, -0.2) is 19.2 Å². The number of hydrogen-bond acceptors (Lipinski definition) is 5. The molecule has 31 heavy (non-hydrogen) atoms. The monoisotopic (exact) mass is 438 g/mol. The van der Waals surface area contributed by atoms with E-state index in [1.54, 1.807) is 25.1 Å². The number of nitrogens with zero attached hydrogens (tertiary/aromatic N) is 4. The van der Waals surface area contributed by atoms with Crippen molar-refractivity contribution in [3.8, 4) is 0 Å². The van der Waals surface area contributed by atoms with Crippen LogP contribution >= 0.6 is 11.6 Å². The fraction of sp³-hybridized carbons (Fsp3) is 0.174. The van der Waals surface area contributed by atoms with Crippen LogP contribution in [-0.4, -0.2) is 33.7 Å². The molecular formula is C23H20ClFN4O2. The quantitative estimate of drug-likeness (QED) is 0.292. The van der Waals surface area contributed by atoms with Gasteiger partial charge in [-0.1, -0.05) is 29.8 Å². The van der Waals surface area contributed by atoms with Crippen molar-refractivity contribution < 1.29 is 13.9 Å². The second kappa shape index (κ2) is 9.14. The van der Waals surface area contributed by atoms with Crippen LogP contribution in [0, 0.1) is 5.82 Å². The van der Waals surface area contributed by atoms with E-state index in [4.69, 9.17) is 16.3 Å². The standard InChI is InChI=1S/C23H20ClFN4O2/c1-2-31-23(30)20-13-16-5-3-4-6-19(16)29(20)12-11-28(18-9-7-17(25)8-10-18)22-14-21(24)26-15-27-22/h3-10,13-15H,2,11-12H2,1H3. The number of hydrogen-bond donors (Lipinski definition) is 0. The molecule has 0 atom stereocenters. The lowest BCUT2D eigenvalue weighted by atomic mass is 10.2. The molecule has 4 aromatic rings. The van der Waals surface area contributed by atoms with Crippen molar-refractivity contribution in [2.24, 2.45) is 0 Å². The minimum atomic E-state index is -0.378. The van der Waals surface area contributed by atoms with E-state index < -0.39 is 0 Å². The van der Waals surface area contributed by atoms with E-state index in [0.717, 1.165) is 16.6 Å². The van der Waals surface area contributed by atoms with E-state index in [1.807, 2.05) is 39.8 Å². The molecule has 0 radical (unpaired) electrons. The summed E-state index contributed by atoms with van der Waals surface area (Å²) in [6.07, 6.45) is 1.38. The lowest BCUT2D eigenvalue weighted by Gasteiger charge is -2.25. The zero-order valence-corrected chi connectivity index (χ0v) is 17.6. The van der Waals surface area contributed by atoms with E-state index in [2.05, 4.69) is 9.97 Å². The Hall–Kier alpha value is -3.45. The van der Waals surface area contributed by atoms with Crippen LogP contribution in [0.5, 0.6) is 0 Å². The van der Waals surface area contributed by atoms with E-state index in [1.165, 1.54) is 18.5 Å². The number of benzene rings is 2. The maximum atomic E-state index is 13.5. The molecule has 0 bridgehead atoms. The van der Waals surface area contributed by atoms with Gasteiger partial charge in [-0.3, -0.25) is 0 Å². The number of anilines is 2. The zero-order valence-electron chi connectivity index (χ0n) is 16.8. The predicted molar refractivity (Wildman–Crippen MR) is 118 cm³/mol. The van der Waals surface area contributed by atoms with Crippen LogP contribution in [-0.2, 0) is 11.3 Å². The van der Waals surface area contributed by atoms with Gasteiger partial charge in [-0.05, 0) is 43.3 Å². The molecule has 0 fully saturated rings. The Kier molecular flexibility index (Phi) is 6.13. The molecule has 0 aliphatic heterocycles. The van der Waals surface area contributed by atoms with Gasteiger partial charge in [0.15, 0.2) is 0 Å². The number of para-hydroxylation sites is 1. The molecule has 0 aliphatic rings. The highest BCUT2D eigenvalue weighted by Crippen LogP contribution is 2.26. The van der Waals surface area contributed by atoms with Gasteiger partial charge in [-0.15, -0.1) is 0 Å². The molecule has 158 valence electrons. The van der Waals surface area contributed by atoms with Gasteiger partial charge in [-0.2, -0.15) is 0 Å². The van der Waals surface area contributed by atoms with Crippen LogP contribution in [0.1, 0.15) is 17.4 Å². The van der Waals surface area contributed by atoms with Gasteiger partial charge in [0.25, 0.3) is 0 Å². The molecular weight excluding hydrogens is 419 g/mol. The summed E-state index contributed by atoms with van der Waals surface area (Å²) in [4.78, 5) is 22.7. The van der Waals surface area contributed by atoms with Crippen LogP contribution in [0.4, 0.5) is 15.9 Å². The van der Waals surface area contributed by atoms with Gasteiger partial charge in [0, 0.05) is 35.7 Å². The fourth-order valence-corrected chi connectivity index (χ4v) is 3.64. The first kappa shape index (κ1) is 20.8. The Balaban J connectivity index is 1.72. The topological polar surface area (TPSA) is 60.2 Å². The molecule has 4 rings (SSSR count). The normalized spacial score (nSPS) is 10.9. The third-order valence-corrected chi connectivity index (χ3v) is 5.08. The van der Waals surface area contributed by atoms with Gasteiger partial charge in [0.2, 0.25) is 0 Å². The molecule has 0 aliphatic carbocycles. The summed E-state index contributed by atoms with van der Waals surface area (Å²) in [6, 6.07) is 17.4. The number of aromatic nitrogens is 3. The van der Waals surface area contributed by atoms with Crippen molar-refractivity contribution >= 4 is 40.0 Å². The number of fused-ring (bicyclic) bond motifs is 1. The van der Waals surface area contributed by atoms with Crippen LogP contribution < -0.4 is 4.90 Å². The van der Waals surface area contributed by atoms with Crippen LogP contribution in [0.25, 0.3) is 10.9 Å². The molecule has 0 N–H and O–H groups in total. The van der Waals surface area contributed by atoms with Gasteiger partial charge >= 0.3 is 5.97 Å². The largest absolute Gasteiger partial charge is 0.461 e. The Morgan fingerprint density at radius 1 is 1.13 bits per heavy atom. The molecule has 0 saturated carbocycles. The number of rotatable bonds is 7. The van der Waals surface area contributed by atoms with E-state index in [9.17, 15) is 9.18 Å². The van der Waals surface area contributed by atoms with E-state index >= 15 is 0 Å². The van der Waals surface area contributed by atoms with Crippen molar-refractivity contribution in [3.63, 3.8) is 0 Å². The number of carbonyl (C=O) groups excluding carboxylic acids is 1. The lowest BCUT2D eigenvalue weighted by molar-refractivity contribution is 0.0514. The third-order valence-electron chi connectivity index (χ3n) is 4.88. The summed E-state index contributed by atoms with van der Waals surface area (Å²) < 4.78 is 20.7. The van der Waals surface area contributed by atoms with E-state index in [-0.39, 0.29) is 11.8 Å². The van der Waals surface area contributed by atoms with Crippen molar-refractivity contribution in [1.29, 1.82) is 0 Å². The Bertz CT molecular complexity index is 1210. The van der Waals surface area contributed by atoms with Crippen LogP contribution in [0.15, 0.2) is 67.0 Å². The molecule has 2 aromatic heterocycles. The molecule has 0 amide bonds. The average molecular weight is 439 g/mol. The molecule has 8 heteroatoms. The SMILES string of the molecule is CCOC(=O)c1cc2ccccc2n1CCN(c1ccc(F)cc1)c1cc(Cl)ncn1. The van der Waals surface area contributed by atoms with Gasteiger partial charge < -0.3 is 14.2 Å². The van der Waals surface area contributed by atoms with Crippen LogP contribution in [0.2, 0.25) is 5.15 Å². The van der Waals surface area contributed by atoms with Crippen molar-refractivity contribution in [1.82, 2.24) is 14.5 Å². The maximum Gasteiger partial charge on any atom is 0.354 e. The smallest absolute Gasteiger partial charge is 0.354 e. The van der Waals surface area contributed by atoms with Gasteiger partial charge in [0.05, 0.1) is 6.61 Å². The number of esters is 1. The number of halogens is 2. The van der Waals surface area contributed by atoms with Crippen LogP contribution in [0.3, 0.4) is 0 Å². The highest BCUT2D eigenvalue weighted by Gasteiger charge is 2.19. The summed E-state index contributed by atoms with van der Waals surface area (Å²) in [5.74, 6) is -0.136. The lowest BCUT2D eigenvalue weighted by Crippen LogP contribution is -2.25. The van der Waals surface area contributed by atoms with Crippen molar-refractivity contribution in [3.05, 3.63) is 83.7 Å². The van der Waals surface area contributed by atoms with Crippen molar-refractivity contribution in [2.75, 3.05) is 18.1 Å². The number of ether oxygens (including phenoxy) is 1. The maximum absolute atomic E-state index is 13.5. The summed E-state index contributed by atoms with van der Waals surface area (Å²) >= 11 is 6.08. The second-order valence-corrected chi connectivity index (χ2v) is 7.17. The summed E-state index contributed by atoms with van der Waals surface area (Å²) in [6.45, 7) is 2.98. The average Bonchev–Trinajstić information content (AvgIpc) is 3.14.